The summed E-state index contributed by atoms with van der Waals surface area (Å²) in [5.41, 5.74) is 0.0294. The van der Waals surface area contributed by atoms with Crippen LogP contribution in [-0.2, 0) is 11.2 Å². The van der Waals surface area contributed by atoms with Crippen molar-refractivity contribution in [3.8, 4) is 5.75 Å². The third kappa shape index (κ3) is 2.45. The van der Waals surface area contributed by atoms with E-state index in [9.17, 15) is 14.3 Å². The van der Waals surface area contributed by atoms with E-state index < -0.39 is 11.8 Å². The topological polar surface area (TPSA) is 57.5 Å². The van der Waals surface area contributed by atoms with Crippen LogP contribution in [0.1, 0.15) is 12.0 Å². The van der Waals surface area contributed by atoms with Gasteiger partial charge in [0, 0.05) is 12.0 Å². The molecule has 0 bridgehead atoms. The monoisotopic (exact) mass is 262 g/mol. The Labute approximate surface area is 88.3 Å². The van der Waals surface area contributed by atoms with Crippen molar-refractivity contribution in [3.05, 3.63) is 28.0 Å². The molecule has 0 atom stereocenters. The molecule has 0 saturated carbocycles. The van der Waals surface area contributed by atoms with E-state index >= 15 is 0 Å². The number of halogens is 2. The molecule has 0 aliphatic heterocycles. The zero-order valence-electron chi connectivity index (χ0n) is 7.13. The predicted octanol–water partition coefficient (Wildman–Crippen LogP) is 2.31. The maximum Gasteiger partial charge on any atom is 0.303 e. The zero-order valence-corrected chi connectivity index (χ0v) is 8.71. The summed E-state index contributed by atoms with van der Waals surface area (Å²) in [4.78, 5) is 10.3. The van der Waals surface area contributed by atoms with Gasteiger partial charge in [0.05, 0.1) is 4.47 Å². The Hall–Kier alpha value is -1.10. The van der Waals surface area contributed by atoms with E-state index in [1.165, 1.54) is 12.1 Å². The van der Waals surface area contributed by atoms with Crippen LogP contribution in [0.15, 0.2) is 16.6 Å². The largest absolute Gasteiger partial charge is 0.508 e. The van der Waals surface area contributed by atoms with Gasteiger partial charge in [0.1, 0.15) is 11.6 Å². The molecule has 1 rings (SSSR count). The van der Waals surface area contributed by atoms with Crippen LogP contribution in [0.2, 0.25) is 0 Å². The van der Waals surface area contributed by atoms with Crippen molar-refractivity contribution in [2.45, 2.75) is 12.8 Å². The fourth-order valence-electron chi connectivity index (χ4n) is 1.05. The first-order chi connectivity index (χ1) is 6.52. The van der Waals surface area contributed by atoms with Crippen molar-refractivity contribution in [3.63, 3.8) is 0 Å². The van der Waals surface area contributed by atoms with Crippen molar-refractivity contribution in [2.75, 3.05) is 0 Å². The van der Waals surface area contributed by atoms with Crippen LogP contribution in [0.4, 0.5) is 4.39 Å². The first-order valence-corrected chi connectivity index (χ1v) is 4.69. The second-order valence-electron chi connectivity index (χ2n) is 2.75. The summed E-state index contributed by atoms with van der Waals surface area (Å²) in [5, 5.41) is 17.7. The lowest BCUT2D eigenvalue weighted by molar-refractivity contribution is -0.136. The second kappa shape index (κ2) is 4.41. The summed E-state index contributed by atoms with van der Waals surface area (Å²) in [6.07, 6.45) is -0.229. The summed E-state index contributed by atoms with van der Waals surface area (Å²) in [6, 6.07) is 2.69. The fourth-order valence-corrected chi connectivity index (χ4v) is 1.42. The number of aromatic hydroxyl groups is 1. The number of carbonyl (C=O) groups is 1. The first kappa shape index (κ1) is 11.0. The van der Waals surface area contributed by atoms with Crippen molar-refractivity contribution in [1.82, 2.24) is 0 Å². The Morgan fingerprint density at radius 1 is 1.50 bits per heavy atom. The number of carboxylic acids is 1. The number of carboxylic acid groups (broad SMARTS) is 1. The number of phenols is 1. The normalized spacial score (nSPS) is 10.1. The summed E-state index contributed by atoms with van der Waals surface area (Å²) >= 11 is 2.95. The molecule has 14 heavy (non-hydrogen) atoms. The van der Waals surface area contributed by atoms with E-state index in [0.717, 1.165) is 0 Å². The van der Waals surface area contributed by atoms with Crippen LogP contribution in [0, 0.1) is 5.82 Å². The lowest BCUT2D eigenvalue weighted by atomic mass is 10.1. The summed E-state index contributed by atoms with van der Waals surface area (Å²) in [7, 11) is 0. The number of phenolic OH excluding ortho intramolecular Hbond substituents is 1. The van der Waals surface area contributed by atoms with E-state index in [2.05, 4.69) is 15.9 Å². The van der Waals surface area contributed by atoms with E-state index in [1.807, 2.05) is 0 Å². The molecule has 0 unspecified atom stereocenters. The highest BCUT2D eigenvalue weighted by atomic mass is 79.9. The molecule has 1 aromatic carbocycles. The Balaban J connectivity index is 2.95. The molecule has 0 fully saturated rings. The highest BCUT2D eigenvalue weighted by Gasteiger charge is 2.12. The van der Waals surface area contributed by atoms with Gasteiger partial charge in [0.15, 0.2) is 0 Å². The lowest BCUT2D eigenvalue weighted by Gasteiger charge is -2.05. The molecule has 0 saturated heterocycles. The molecular weight excluding hydrogens is 255 g/mol. The van der Waals surface area contributed by atoms with Gasteiger partial charge < -0.3 is 10.2 Å². The highest BCUT2D eigenvalue weighted by molar-refractivity contribution is 9.10. The molecule has 0 aliphatic rings. The molecule has 1 aromatic rings. The average Bonchev–Trinajstić information content (AvgIpc) is 2.11. The fraction of sp³-hybridized carbons (Fsp3) is 0.222. The molecule has 0 amide bonds. The number of hydrogen-bond acceptors (Lipinski definition) is 2. The summed E-state index contributed by atoms with van der Waals surface area (Å²) in [5.74, 6) is -1.85. The van der Waals surface area contributed by atoms with Gasteiger partial charge in [-0.05, 0) is 34.5 Å². The minimum atomic E-state index is -1.02. The molecule has 0 heterocycles. The minimum absolute atomic E-state index is 0.0214. The van der Waals surface area contributed by atoms with E-state index in [-0.39, 0.29) is 28.6 Å². The Bertz CT molecular complexity index is 365. The Morgan fingerprint density at radius 3 is 2.71 bits per heavy atom. The molecule has 76 valence electrons. The molecule has 0 spiro atoms. The van der Waals surface area contributed by atoms with Crippen LogP contribution in [0.5, 0.6) is 5.75 Å². The van der Waals surface area contributed by atoms with E-state index in [0.29, 0.717) is 0 Å². The third-order valence-corrected chi connectivity index (χ3v) is 2.37. The quantitative estimate of drug-likeness (QED) is 0.879. The number of aliphatic carboxylic acids is 1. The smallest absolute Gasteiger partial charge is 0.303 e. The van der Waals surface area contributed by atoms with Crippen LogP contribution in [0.25, 0.3) is 0 Å². The lowest BCUT2D eigenvalue weighted by Crippen LogP contribution is -2.00. The maximum absolute atomic E-state index is 13.3. The first-order valence-electron chi connectivity index (χ1n) is 3.90. The number of hydrogen-bond donors (Lipinski definition) is 2. The standard InChI is InChI=1S/C9H8BrFO3/c10-6-2-3-7(12)5(9(6)11)1-4-8(13)14/h2-3,12H,1,4H2,(H,13,14). The highest BCUT2D eigenvalue weighted by Crippen LogP contribution is 2.27. The van der Waals surface area contributed by atoms with Gasteiger partial charge in [-0.15, -0.1) is 0 Å². The molecule has 2 N–H and O–H groups in total. The van der Waals surface area contributed by atoms with Crippen molar-refractivity contribution >= 4 is 21.9 Å². The zero-order chi connectivity index (χ0) is 10.7. The van der Waals surface area contributed by atoms with Crippen molar-refractivity contribution < 1.29 is 19.4 Å². The summed E-state index contributed by atoms with van der Waals surface area (Å²) in [6.45, 7) is 0. The SMILES string of the molecule is O=C(O)CCc1c(O)ccc(Br)c1F. The van der Waals surface area contributed by atoms with E-state index in [1.54, 1.807) is 0 Å². The van der Waals surface area contributed by atoms with Gasteiger partial charge in [-0.2, -0.15) is 0 Å². The Kier molecular flexibility index (Phi) is 3.46. The molecular formula is C9H8BrFO3. The molecule has 3 nitrogen and oxygen atoms in total. The van der Waals surface area contributed by atoms with Gasteiger partial charge in [-0.1, -0.05) is 0 Å². The minimum Gasteiger partial charge on any atom is -0.508 e. The van der Waals surface area contributed by atoms with Crippen LogP contribution >= 0.6 is 15.9 Å². The van der Waals surface area contributed by atoms with Gasteiger partial charge in [-0.25, -0.2) is 4.39 Å². The third-order valence-electron chi connectivity index (χ3n) is 1.76. The maximum atomic E-state index is 13.3. The number of rotatable bonds is 3. The molecule has 0 aromatic heterocycles. The van der Waals surface area contributed by atoms with Crippen LogP contribution < -0.4 is 0 Å². The molecule has 0 radical (unpaired) electrons. The van der Waals surface area contributed by atoms with Gasteiger partial charge >= 0.3 is 5.97 Å². The van der Waals surface area contributed by atoms with Crippen LogP contribution in [0.3, 0.4) is 0 Å². The van der Waals surface area contributed by atoms with Gasteiger partial charge in [0.2, 0.25) is 0 Å². The summed E-state index contributed by atoms with van der Waals surface area (Å²) < 4.78 is 13.5. The molecule has 5 heteroatoms. The molecule has 0 aliphatic carbocycles. The average molecular weight is 263 g/mol. The van der Waals surface area contributed by atoms with E-state index in [4.69, 9.17) is 5.11 Å². The predicted molar refractivity (Wildman–Crippen MR) is 51.7 cm³/mol. The van der Waals surface area contributed by atoms with Gasteiger partial charge in [-0.3, -0.25) is 4.79 Å². The Morgan fingerprint density at radius 2 is 2.14 bits per heavy atom. The van der Waals surface area contributed by atoms with Crippen LogP contribution in [-0.4, -0.2) is 16.2 Å². The van der Waals surface area contributed by atoms with Gasteiger partial charge in [0.25, 0.3) is 0 Å². The van der Waals surface area contributed by atoms with Crippen molar-refractivity contribution in [1.29, 1.82) is 0 Å². The second-order valence-corrected chi connectivity index (χ2v) is 3.61. The van der Waals surface area contributed by atoms with Crippen molar-refractivity contribution in [2.24, 2.45) is 0 Å². The number of benzene rings is 1.